The third-order valence-electron chi connectivity index (χ3n) is 9.77. The molecule has 0 unspecified atom stereocenters. The number of benzene rings is 2. The van der Waals surface area contributed by atoms with E-state index in [2.05, 4.69) is 20.2 Å². The first kappa shape index (κ1) is 21.8. The largest absolute Gasteiger partial charge is 0.504 e. The van der Waals surface area contributed by atoms with E-state index in [0.29, 0.717) is 18.6 Å². The number of aromatic hydroxyl groups is 1. The molecule has 3 fully saturated rings. The predicted octanol–water partition coefficient (Wildman–Crippen LogP) is 2.70. The number of aromatic nitrogens is 2. The number of phenolic OH excluding ortho intramolecular Hbond substituents is 1. The highest BCUT2D eigenvalue weighted by Gasteiger charge is 2.73. The average molecular weight is 499 g/mol. The predicted molar refractivity (Wildman–Crippen MR) is 136 cm³/mol. The Labute approximate surface area is 214 Å². The van der Waals surface area contributed by atoms with Crippen LogP contribution in [0.2, 0.25) is 0 Å². The van der Waals surface area contributed by atoms with Crippen molar-refractivity contribution < 1.29 is 19.7 Å². The Balaban J connectivity index is 1.17. The van der Waals surface area contributed by atoms with Crippen molar-refractivity contribution in [2.75, 3.05) is 13.1 Å². The van der Waals surface area contributed by atoms with Gasteiger partial charge in [0.2, 0.25) is 5.82 Å². The summed E-state index contributed by atoms with van der Waals surface area (Å²) < 4.78 is 6.54. The van der Waals surface area contributed by atoms with E-state index >= 15 is 0 Å². The number of nitrogens with zero attached hydrogens (tertiary/aromatic N) is 3. The van der Waals surface area contributed by atoms with Gasteiger partial charge >= 0.3 is 0 Å². The highest BCUT2D eigenvalue weighted by atomic mass is 16.5. The zero-order valence-corrected chi connectivity index (χ0v) is 20.6. The van der Waals surface area contributed by atoms with Crippen molar-refractivity contribution in [1.29, 1.82) is 0 Å². The molecule has 1 saturated heterocycles. The van der Waals surface area contributed by atoms with E-state index in [1.807, 2.05) is 30.3 Å². The fraction of sp³-hybridized carbons (Fsp3) is 0.483. The number of aliphatic hydroxyl groups is 1. The monoisotopic (exact) mass is 498 g/mol. The summed E-state index contributed by atoms with van der Waals surface area (Å²) in [6.45, 7) is 1.92. The topological polar surface area (TPSA) is 108 Å². The first-order valence-corrected chi connectivity index (χ1v) is 13.5. The summed E-state index contributed by atoms with van der Waals surface area (Å²) in [4.78, 5) is 24.7. The number of para-hydroxylation sites is 1. The summed E-state index contributed by atoms with van der Waals surface area (Å²) in [5.41, 5.74) is 1.19. The number of carbonyl (C=O) groups is 1. The van der Waals surface area contributed by atoms with Crippen molar-refractivity contribution in [2.24, 2.45) is 5.92 Å². The van der Waals surface area contributed by atoms with E-state index in [9.17, 15) is 15.0 Å². The molecule has 2 bridgehead atoms. The number of likely N-dealkylation sites (tertiary alicyclic amines) is 1. The molecule has 3 heterocycles. The normalized spacial score (nSPS) is 33.6. The number of fused-ring (bicyclic) bond motifs is 1. The number of hydrogen-bond donors (Lipinski definition) is 3. The lowest BCUT2D eigenvalue weighted by Gasteiger charge is -2.64. The van der Waals surface area contributed by atoms with Crippen LogP contribution in [0.1, 0.15) is 53.8 Å². The Morgan fingerprint density at radius 3 is 2.89 bits per heavy atom. The molecule has 2 aliphatic heterocycles. The molecular formula is C29H30N4O4. The van der Waals surface area contributed by atoms with Gasteiger partial charge in [-0.2, -0.15) is 0 Å². The zero-order valence-electron chi connectivity index (χ0n) is 20.6. The van der Waals surface area contributed by atoms with Crippen LogP contribution in [-0.4, -0.2) is 67.9 Å². The van der Waals surface area contributed by atoms with Gasteiger partial charge in [0.05, 0.1) is 22.6 Å². The van der Waals surface area contributed by atoms with Crippen LogP contribution in [0.3, 0.4) is 0 Å². The van der Waals surface area contributed by atoms with E-state index in [0.717, 1.165) is 53.9 Å². The number of hydrogen-bond acceptors (Lipinski definition) is 7. The number of phenols is 1. The lowest BCUT2D eigenvalue weighted by atomic mass is 9.48. The number of carbonyl (C=O) groups excluding carboxylic acids is 1. The van der Waals surface area contributed by atoms with E-state index < -0.39 is 17.1 Å². The molecule has 8 heteroatoms. The molecule has 5 aliphatic rings. The third-order valence-corrected chi connectivity index (χ3v) is 9.77. The van der Waals surface area contributed by atoms with Crippen molar-refractivity contribution in [1.82, 2.24) is 20.2 Å². The standard InChI is InChI=1S/C29H30N4O4/c34-21-8-7-17-13-22-29(36)10-9-20(32-27(35)26-30-14-18-3-1-2-4-19(18)31-26)25-28(29,23(17)24(21)37-25)11-12-33(22)15-16-5-6-16/h1-4,7-8,14,16,20,22,25,34,36H,5-6,9-13,15H2,(H,32,35)/t20-,22-,25+,28+,29-/m1/s1. The average Bonchev–Trinajstić information content (AvgIpc) is 3.65. The van der Waals surface area contributed by atoms with Crippen LogP contribution in [0.15, 0.2) is 42.6 Å². The summed E-state index contributed by atoms with van der Waals surface area (Å²) in [6.07, 6.45) is 6.39. The molecule has 190 valence electrons. The van der Waals surface area contributed by atoms with Crippen LogP contribution < -0.4 is 10.1 Å². The van der Waals surface area contributed by atoms with Crippen LogP contribution in [0.4, 0.5) is 0 Å². The highest BCUT2D eigenvalue weighted by molar-refractivity contribution is 5.93. The van der Waals surface area contributed by atoms with Crippen LogP contribution in [0.25, 0.3) is 10.9 Å². The quantitative estimate of drug-likeness (QED) is 0.508. The molecule has 1 aromatic heterocycles. The molecule has 37 heavy (non-hydrogen) atoms. The summed E-state index contributed by atoms with van der Waals surface area (Å²) in [5, 5.41) is 27.4. The summed E-state index contributed by atoms with van der Waals surface area (Å²) >= 11 is 0. The van der Waals surface area contributed by atoms with Crippen LogP contribution in [0, 0.1) is 5.92 Å². The highest BCUT2D eigenvalue weighted by Crippen LogP contribution is 2.65. The molecule has 0 radical (unpaired) electrons. The van der Waals surface area contributed by atoms with E-state index in [1.54, 1.807) is 12.3 Å². The summed E-state index contributed by atoms with van der Waals surface area (Å²) in [5.74, 6) is 1.10. The van der Waals surface area contributed by atoms with Gasteiger partial charge < -0.3 is 20.3 Å². The lowest BCUT2D eigenvalue weighted by Crippen LogP contribution is -2.78. The van der Waals surface area contributed by atoms with Crippen molar-refractivity contribution in [3.8, 4) is 11.5 Å². The van der Waals surface area contributed by atoms with Gasteiger partial charge in [-0.05, 0) is 68.7 Å². The number of ether oxygens (including phenoxy) is 1. The van der Waals surface area contributed by atoms with E-state index in [1.165, 1.54) is 12.8 Å². The molecule has 2 aromatic carbocycles. The molecule has 5 atom stereocenters. The Hall–Kier alpha value is -3.23. The van der Waals surface area contributed by atoms with Crippen molar-refractivity contribution in [3.05, 3.63) is 59.5 Å². The minimum absolute atomic E-state index is 0.0106. The maximum Gasteiger partial charge on any atom is 0.289 e. The summed E-state index contributed by atoms with van der Waals surface area (Å²) in [7, 11) is 0. The van der Waals surface area contributed by atoms with Crippen molar-refractivity contribution >= 4 is 16.8 Å². The van der Waals surface area contributed by atoms with Gasteiger partial charge in [-0.25, -0.2) is 9.97 Å². The summed E-state index contributed by atoms with van der Waals surface area (Å²) in [6, 6.07) is 11.0. The number of amides is 1. The maximum atomic E-state index is 13.4. The van der Waals surface area contributed by atoms with Gasteiger partial charge in [-0.3, -0.25) is 9.69 Å². The van der Waals surface area contributed by atoms with Gasteiger partial charge in [-0.15, -0.1) is 0 Å². The number of rotatable bonds is 4. The third kappa shape index (κ3) is 2.88. The molecule has 8 rings (SSSR count). The molecule has 1 amide bonds. The number of piperidine rings is 1. The van der Waals surface area contributed by atoms with Gasteiger partial charge in [0.1, 0.15) is 6.10 Å². The SMILES string of the molecule is O=C(N[C@@H]1CC[C@@]2(O)[C@H]3Cc4ccc(O)c5c4[C@@]2(CCN3CC2CC2)[C@H]1O5)c1ncc2ccccc2n1. The molecular weight excluding hydrogens is 468 g/mol. The van der Waals surface area contributed by atoms with E-state index in [4.69, 9.17) is 4.74 Å². The zero-order chi connectivity index (χ0) is 24.9. The molecule has 3 aromatic rings. The van der Waals surface area contributed by atoms with Crippen molar-refractivity contribution in [2.45, 2.75) is 67.7 Å². The van der Waals surface area contributed by atoms with Crippen LogP contribution in [0.5, 0.6) is 11.5 Å². The van der Waals surface area contributed by atoms with Gasteiger partial charge in [0, 0.05) is 29.7 Å². The van der Waals surface area contributed by atoms with Crippen LogP contribution in [-0.2, 0) is 11.8 Å². The minimum Gasteiger partial charge on any atom is -0.504 e. The first-order chi connectivity index (χ1) is 18.0. The molecule has 3 N–H and O–H groups in total. The molecule has 1 spiro atoms. The van der Waals surface area contributed by atoms with Gasteiger partial charge in [-0.1, -0.05) is 24.3 Å². The van der Waals surface area contributed by atoms with Crippen molar-refractivity contribution in [3.63, 3.8) is 0 Å². The maximum absolute atomic E-state index is 13.4. The smallest absolute Gasteiger partial charge is 0.289 e. The second kappa shape index (κ2) is 7.42. The van der Waals surface area contributed by atoms with E-state index in [-0.39, 0.29) is 29.6 Å². The molecule has 8 nitrogen and oxygen atoms in total. The second-order valence-electron chi connectivity index (χ2n) is 11.7. The fourth-order valence-electron chi connectivity index (χ4n) is 7.94. The first-order valence-electron chi connectivity index (χ1n) is 13.5. The molecule has 2 saturated carbocycles. The lowest BCUT2D eigenvalue weighted by molar-refractivity contribution is -0.191. The fourth-order valence-corrected chi connectivity index (χ4v) is 7.94. The Morgan fingerprint density at radius 2 is 2.03 bits per heavy atom. The minimum atomic E-state index is -0.975. The van der Waals surface area contributed by atoms with Gasteiger partial charge in [0.25, 0.3) is 5.91 Å². The van der Waals surface area contributed by atoms with Gasteiger partial charge in [0.15, 0.2) is 11.5 Å². The molecule has 3 aliphatic carbocycles. The number of nitrogens with one attached hydrogen (secondary N) is 1. The Bertz CT molecular complexity index is 1460. The Morgan fingerprint density at radius 1 is 1.16 bits per heavy atom. The Kier molecular flexibility index (Phi) is 4.37. The van der Waals surface area contributed by atoms with Crippen LogP contribution >= 0.6 is 0 Å². The second-order valence-corrected chi connectivity index (χ2v) is 11.7.